The number of carbonyl (C=O) groups is 1. The fourth-order valence-electron chi connectivity index (χ4n) is 3.66. The first kappa shape index (κ1) is 18.3. The van der Waals surface area contributed by atoms with E-state index in [0.717, 1.165) is 35.4 Å². The molecule has 0 unspecified atom stereocenters. The predicted octanol–water partition coefficient (Wildman–Crippen LogP) is 4.08. The van der Waals surface area contributed by atoms with E-state index in [1.165, 1.54) is 0 Å². The third-order valence-corrected chi connectivity index (χ3v) is 5.28. The molecule has 5 nitrogen and oxygen atoms in total. The molecular formula is C23H25N3O2. The van der Waals surface area contributed by atoms with Crippen LogP contribution in [-0.4, -0.2) is 39.8 Å². The maximum absolute atomic E-state index is 12.9. The Bertz CT molecular complexity index is 957. The van der Waals surface area contributed by atoms with Gasteiger partial charge in [-0.15, -0.1) is 0 Å². The third kappa shape index (κ3) is 3.79. The molecule has 2 heterocycles. The molecule has 4 rings (SSSR count). The minimum atomic E-state index is -0.00729. The highest BCUT2D eigenvalue weighted by molar-refractivity contribution is 5.93. The van der Waals surface area contributed by atoms with Gasteiger partial charge < -0.3 is 9.64 Å². The lowest BCUT2D eigenvalue weighted by Crippen LogP contribution is -2.42. The topological polar surface area (TPSA) is 47.4 Å². The van der Waals surface area contributed by atoms with Crippen LogP contribution in [0.5, 0.6) is 5.75 Å². The Kier molecular flexibility index (Phi) is 5.15. The number of carbonyl (C=O) groups excluding carboxylic acids is 1. The molecule has 1 amide bonds. The van der Waals surface area contributed by atoms with Gasteiger partial charge in [0.05, 0.1) is 5.69 Å². The smallest absolute Gasteiger partial charge is 0.274 e. The molecule has 0 radical (unpaired) electrons. The van der Waals surface area contributed by atoms with Crippen LogP contribution in [0.4, 0.5) is 0 Å². The SMILES string of the molecule is Cc1ccccc1OC1CCN(C(=O)c2cc(-c3ccccc3)n(C)n2)CC1. The molecule has 2 aromatic carbocycles. The second kappa shape index (κ2) is 7.89. The van der Waals surface area contributed by atoms with Crippen molar-refractivity contribution in [1.82, 2.24) is 14.7 Å². The summed E-state index contributed by atoms with van der Waals surface area (Å²) in [5.74, 6) is 0.927. The van der Waals surface area contributed by atoms with E-state index in [0.29, 0.717) is 18.8 Å². The molecule has 0 bridgehead atoms. The second-order valence-corrected chi connectivity index (χ2v) is 7.28. The minimum Gasteiger partial charge on any atom is -0.490 e. The third-order valence-electron chi connectivity index (χ3n) is 5.28. The number of hydrogen-bond acceptors (Lipinski definition) is 3. The molecular weight excluding hydrogens is 350 g/mol. The van der Waals surface area contributed by atoms with E-state index in [9.17, 15) is 4.79 Å². The lowest BCUT2D eigenvalue weighted by atomic mass is 10.1. The molecule has 3 aromatic rings. The Morgan fingerprint density at radius 2 is 1.71 bits per heavy atom. The Morgan fingerprint density at radius 3 is 2.43 bits per heavy atom. The molecule has 1 aliphatic heterocycles. The number of ether oxygens (including phenoxy) is 1. The largest absolute Gasteiger partial charge is 0.490 e. The molecule has 144 valence electrons. The fraction of sp³-hybridized carbons (Fsp3) is 0.304. The van der Waals surface area contributed by atoms with Crippen LogP contribution in [0.25, 0.3) is 11.3 Å². The molecule has 28 heavy (non-hydrogen) atoms. The molecule has 1 fully saturated rings. The van der Waals surface area contributed by atoms with Crippen LogP contribution in [-0.2, 0) is 7.05 Å². The highest BCUT2D eigenvalue weighted by Gasteiger charge is 2.26. The molecule has 0 spiro atoms. The van der Waals surface area contributed by atoms with Crippen molar-refractivity contribution in [3.63, 3.8) is 0 Å². The van der Waals surface area contributed by atoms with Gasteiger partial charge in [-0.05, 0) is 30.2 Å². The zero-order chi connectivity index (χ0) is 19.5. The van der Waals surface area contributed by atoms with Gasteiger partial charge in [-0.3, -0.25) is 9.48 Å². The molecule has 0 saturated carbocycles. The van der Waals surface area contributed by atoms with Crippen molar-refractivity contribution in [2.45, 2.75) is 25.9 Å². The molecule has 0 atom stereocenters. The highest BCUT2D eigenvalue weighted by Crippen LogP contribution is 2.24. The monoisotopic (exact) mass is 375 g/mol. The minimum absolute atomic E-state index is 0.00729. The highest BCUT2D eigenvalue weighted by atomic mass is 16.5. The van der Waals surface area contributed by atoms with Gasteiger partial charge in [-0.1, -0.05) is 48.5 Å². The number of likely N-dealkylation sites (tertiary alicyclic amines) is 1. The maximum Gasteiger partial charge on any atom is 0.274 e. The summed E-state index contributed by atoms with van der Waals surface area (Å²) in [5.41, 5.74) is 3.64. The summed E-state index contributed by atoms with van der Waals surface area (Å²) in [5, 5.41) is 4.45. The number of aromatic nitrogens is 2. The Morgan fingerprint density at radius 1 is 1.04 bits per heavy atom. The zero-order valence-electron chi connectivity index (χ0n) is 16.3. The van der Waals surface area contributed by atoms with Crippen LogP contribution in [0.1, 0.15) is 28.9 Å². The summed E-state index contributed by atoms with van der Waals surface area (Å²) < 4.78 is 7.92. The second-order valence-electron chi connectivity index (χ2n) is 7.28. The Balaban J connectivity index is 1.40. The first-order chi connectivity index (χ1) is 13.6. The molecule has 0 aliphatic carbocycles. The van der Waals surface area contributed by atoms with Gasteiger partial charge in [0, 0.05) is 33.0 Å². The summed E-state index contributed by atoms with van der Waals surface area (Å²) in [4.78, 5) is 14.8. The van der Waals surface area contributed by atoms with E-state index in [1.807, 2.05) is 66.5 Å². The summed E-state index contributed by atoms with van der Waals surface area (Å²) in [7, 11) is 1.88. The summed E-state index contributed by atoms with van der Waals surface area (Å²) in [6, 6.07) is 20.0. The van der Waals surface area contributed by atoms with Crippen LogP contribution in [0, 0.1) is 6.92 Å². The van der Waals surface area contributed by atoms with Gasteiger partial charge >= 0.3 is 0 Å². The number of hydrogen-bond donors (Lipinski definition) is 0. The first-order valence-corrected chi connectivity index (χ1v) is 9.73. The number of nitrogens with zero attached hydrogens (tertiary/aromatic N) is 3. The van der Waals surface area contributed by atoms with Crippen molar-refractivity contribution in [3.05, 3.63) is 71.9 Å². The van der Waals surface area contributed by atoms with Crippen LogP contribution in [0.3, 0.4) is 0 Å². The van der Waals surface area contributed by atoms with E-state index < -0.39 is 0 Å². The maximum atomic E-state index is 12.9. The molecule has 1 aliphatic rings. The standard InChI is InChI=1S/C23H25N3O2/c1-17-8-6-7-11-22(17)28-19-12-14-26(15-13-19)23(27)20-16-21(25(2)24-20)18-9-4-3-5-10-18/h3-11,16,19H,12-15H2,1-2H3. The van der Waals surface area contributed by atoms with E-state index in [1.54, 1.807) is 4.68 Å². The van der Waals surface area contributed by atoms with Gasteiger partial charge in [-0.25, -0.2) is 0 Å². The van der Waals surface area contributed by atoms with Crippen molar-refractivity contribution < 1.29 is 9.53 Å². The lowest BCUT2D eigenvalue weighted by Gasteiger charge is -2.32. The fourth-order valence-corrected chi connectivity index (χ4v) is 3.66. The van der Waals surface area contributed by atoms with Gasteiger partial charge in [0.1, 0.15) is 11.9 Å². The quantitative estimate of drug-likeness (QED) is 0.690. The van der Waals surface area contributed by atoms with Crippen LogP contribution in [0.2, 0.25) is 0 Å². The van der Waals surface area contributed by atoms with Crippen molar-refractivity contribution >= 4 is 5.91 Å². The van der Waals surface area contributed by atoms with Crippen molar-refractivity contribution in [2.75, 3.05) is 13.1 Å². The van der Waals surface area contributed by atoms with Crippen LogP contribution in [0.15, 0.2) is 60.7 Å². The van der Waals surface area contributed by atoms with E-state index in [-0.39, 0.29) is 12.0 Å². The van der Waals surface area contributed by atoms with E-state index >= 15 is 0 Å². The first-order valence-electron chi connectivity index (χ1n) is 9.73. The predicted molar refractivity (Wildman–Crippen MR) is 109 cm³/mol. The van der Waals surface area contributed by atoms with Crippen molar-refractivity contribution in [1.29, 1.82) is 0 Å². The Labute approximate surface area is 165 Å². The summed E-state index contributed by atoms with van der Waals surface area (Å²) in [6.45, 7) is 3.43. The number of aryl methyl sites for hydroxylation is 2. The molecule has 5 heteroatoms. The summed E-state index contributed by atoms with van der Waals surface area (Å²) >= 11 is 0. The van der Waals surface area contributed by atoms with Crippen molar-refractivity contribution in [2.24, 2.45) is 7.05 Å². The average Bonchev–Trinajstić information content (AvgIpc) is 3.12. The average molecular weight is 375 g/mol. The number of piperidine rings is 1. The number of benzene rings is 2. The molecule has 1 saturated heterocycles. The van der Waals surface area contributed by atoms with Gasteiger partial charge in [0.25, 0.3) is 5.91 Å². The van der Waals surface area contributed by atoms with E-state index in [4.69, 9.17) is 4.74 Å². The molecule has 0 N–H and O–H groups in total. The van der Waals surface area contributed by atoms with Gasteiger partial charge in [-0.2, -0.15) is 5.10 Å². The van der Waals surface area contributed by atoms with Gasteiger partial charge in [0.2, 0.25) is 0 Å². The van der Waals surface area contributed by atoms with Crippen LogP contribution >= 0.6 is 0 Å². The van der Waals surface area contributed by atoms with Gasteiger partial charge in [0.15, 0.2) is 5.69 Å². The van der Waals surface area contributed by atoms with Crippen LogP contribution < -0.4 is 4.74 Å². The zero-order valence-corrected chi connectivity index (χ0v) is 16.3. The van der Waals surface area contributed by atoms with E-state index in [2.05, 4.69) is 18.1 Å². The lowest BCUT2D eigenvalue weighted by molar-refractivity contribution is 0.0588. The number of amides is 1. The summed E-state index contributed by atoms with van der Waals surface area (Å²) in [6.07, 6.45) is 1.81. The normalized spacial score (nSPS) is 14.9. The molecule has 1 aromatic heterocycles. The number of para-hydroxylation sites is 1. The number of rotatable bonds is 4. The Hall–Kier alpha value is -3.08. The van der Waals surface area contributed by atoms with Crippen molar-refractivity contribution in [3.8, 4) is 17.0 Å².